The van der Waals surface area contributed by atoms with E-state index in [1.54, 1.807) is 26.4 Å². The molecule has 21 heavy (non-hydrogen) atoms. The molecule has 0 saturated heterocycles. The molecule has 0 unspecified atom stereocenters. The molecule has 0 aliphatic carbocycles. The summed E-state index contributed by atoms with van der Waals surface area (Å²) in [4.78, 5) is 11.0. The van der Waals surface area contributed by atoms with Crippen LogP contribution in [0.3, 0.4) is 0 Å². The van der Waals surface area contributed by atoms with Crippen molar-refractivity contribution >= 4 is 5.91 Å². The molecule has 2 aromatic carbocycles. The summed E-state index contributed by atoms with van der Waals surface area (Å²) in [5.74, 6) is 1.06. The van der Waals surface area contributed by atoms with Crippen molar-refractivity contribution in [3.05, 3.63) is 59.2 Å². The van der Waals surface area contributed by atoms with Crippen molar-refractivity contribution in [1.29, 1.82) is 0 Å². The Bertz CT molecular complexity index is 620. The number of hydrogen-bond donors (Lipinski definition) is 1. The van der Waals surface area contributed by atoms with Gasteiger partial charge in [0.2, 0.25) is 5.91 Å². The molecule has 2 rings (SSSR count). The van der Waals surface area contributed by atoms with Crippen LogP contribution < -0.4 is 15.2 Å². The van der Waals surface area contributed by atoms with Gasteiger partial charge in [-0.2, -0.15) is 0 Å². The van der Waals surface area contributed by atoms with Gasteiger partial charge >= 0.3 is 0 Å². The molecule has 2 N–H and O–H groups in total. The second-order valence-corrected chi connectivity index (χ2v) is 4.75. The Hall–Kier alpha value is -2.49. The molecule has 0 spiro atoms. The standard InChI is InChI=1S/C17H19NO3/c1-20-15-10-7-13(11-16(15)21-2)4-3-12-5-8-14(9-6-12)17(18)19/h5-11H,3-4H2,1-2H3,(H2,18,19). The average Bonchev–Trinajstić information content (AvgIpc) is 2.52. The van der Waals surface area contributed by atoms with Crippen LogP contribution >= 0.6 is 0 Å². The van der Waals surface area contributed by atoms with Crippen molar-refractivity contribution in [2.75, 3.05) is 14.2 Å². The lowest BCUT2D eigenvalue weighted by molar-refractivity contribution is 0.100. The van der Waals surface area contributed by atoms with Gasteiger partial charge in [0.15, 0.2) is 11.5 Å². The Labute approximate surface area is 124 Å². The van der Waals surface area contributed by atoms with E-state index in [4.69, 9.17) is 15.2 Å². The van der Waals surface area contributed by atoms with Gasteiger partial charge < -0.3 is 15.2 Å². The molecule has 110 valence electrons. The van der Waals surface area contributed by atoms with Crippen LogP contribution in [0.2, 0.25) is 0 Å². The first-order valence-corrected chi connectivity index (χ1v) is 6.73. The maximum Gasteiger partial charge on any atom is 0.248 e. The lowest BCUT2D eigenvalue weighted by Gasteiger charge is -2.09. The third kappa shape index (κ3) is 3.75. The van der Waals surface area contributed by atoms with E-state index in [1.807, 2.05) is 30.3 Å². The minimum Gasteiger partial charge on any atom is -0.493 e. The lowest BCUT2D eigenvalue weighted by atomic mass is 10.0. The van der Waals surface area contributed by atoms with E-state index < -0.39 is 5.91 Å². The van der Waals surface area contributed by atoms with Gasteiger partial charge in [-0.05, 0) is 48.2 Å². The van der Waals surface area contributed by atoms with Gasteiger partial charge in [0.1, 0.15) is 0 Å². The Balaban J connectivity index is 2.04. The SMILES string of the molecule is COc1ccc(CCc2ccc(C(N)=O)cc2)cc1OC. The van der Waals surface area contributed by atoms with E-state index in [0.717, 1.165) is 29.9 Å². The average molecular weight is 285 g/mol. The number of carbonyl (C=O) groups is 1. The molecule has 2 aromatic rings. The number of primary amides is 1. The van der Waals surface area contributed by atoms with Gasteiger partial charge in [-0.15, -0.1) is 0 Å². The molecule has 0 heterocycles. The van der Waals surface area contributed by atoms with Gasteiger partial charge in [-0.25, -0.2) is 0 Å². The summed E-state index contributed by atoms with van der Waals surface area (Å²) in [5.41, 5.74) is 8.09. The zero-order chi connectivity index (χ0) is 15.2. The third-order valence-electron chi connectivity index (χ3n) is 3.39. The maximum absolute atomic E-state index is 11.0. The molecule has 0 radical (unpaired) electrons. The van der Waals surface area contributed by atoms with Crippen molar-refractivity contribution in [3.63, 3.8) is 0 Å². The van der Waals surface area contributed by atoms with Gasteiger partial charge in [-0.1, -0.05) is 18.2 Å². The highest BCUT2D eigenvalue weighted by Gasteiger charge is 2.05. The highest BCUT2D eigenvalue weighted by molar-refractivity contribution is 5.92. The van der Waals surface area contributed by atoms with Crippen molar-refractivity contribution in [1.82, 2.24) is 0 Å². The number of amides is 1. The fourth-order valence-electron chi connectivity index (χ4n) is 2.16. The number of methoxy groups -OCH3 is 2. The van der Waals surface area contributed by atoms with Gasteiger partial charge in [0.05, 0.1) is 14.2 Å². The second-order valence-electron chi connectivity index (χ2n) is 4.75. The van der Waals surface area contributed by atoms with E-state index in [2.05, 4.69) is 0 Å². The largest absolute Gasteiger partial charge is 0.493 e. The van der Waals surface area contributed by atoms with Crippen LogP contribution in [0.4, 0.5) is 0 Å². The molecule has 0 aromatic heterocycles. The number of rotatable bonds is 6. The summed E-state index contributed by atoms with van der Waals surface area (Å²) in [6, 6.07) is 13.3. The molecule has 4 heteroatoms. The summed E-state index contributed by atoms with van der Waals surface area (Å²) < 4.78 is 10.5. The minimum absolute atomic E-state index is 0.401. The zero-order valence-electron chi connectivity index (χ0n) is 12.3. The Morgan fingerprint density at radius 3 is 2.05 bits per heavy atom. The van der Waals surface area contributed by atoms with Crippen molar-refractivity contribution in [2.45, 2.75) is 12.8 Å². The molecule has 0 aliphatic heterocycles. The number of carbonyl (C=O) groups excluding carboxylic acids is 1. The smallest absolute Gasteiger partial charge is 0.248 e. The summed E-state index contributed by atoms with van der Waals surface area (Å²) >= 11 is 0. The number of benzene rings is 2. The van der Waals surface area contributed by atoms with Gasteiger partial charge in [-0.3, -0.25) is 4.79 Å². The third-order valence-corrected chi connectivity index (χ3v) is 3.39. The van der Waals surface area contributed by atoms with E-state index in [1.165, 1.54) is 5.56 Å². The number of aryl methyl sites for hydroxylation is 2. The van der Waals surface area contributed by atoms with Crippen LogP contribution in [-0.4, -0.2) is 20.1 Å². The van der Waals surface area contributed by atoms with E-state index in [9.17, 15) is 4.79 Å². The van der Waals surface area contributed by atoms with Crippen LogP contribution in [0.15, 0.2) is 42.5 Å². The summed E-state index contributed by atoms with van der Waals surface area (Å²) in [6.07, 6.45) is 1.77. The molecule has 0 fully saturated rings. The predicted molar refractivity (Wildman–Crippen MR) is 81.9 cm³/mol. The van der Waals surface area contributed by atoms with Gasteiger partial charge in [0.25, 0.3) is 0 Å². The number of hydrogen-bond acceptors (Lipinski definition) is 3. The van der Waals surface area contributed by atoms with E-state index in [-0.39, 0.29) is 0 Å². The Morgan fingerprint density at radius 1 is 0.905 bits per heavy atom. The van der Waals surface area contributed by atoms with Crippen LogP contribution in [0, 0.1) is 0 Å². The first-order chi connectivity index (χ1) is 10.1. The second kappa shape index (κ2) is 6.79. The Kier molecular flexibility index (Phi) is 4.82. The fraction of sp³-hybridized carbons (Fsp3) is 0.235. The summed E-state index contributed by atoms with van der Waals surface area (Å²) in [5, 5.41) is 0. The zero-order valence-corrected chi connectivity index (χ0v) is 12.3. The molecule has 0 aliphatic rings. The number of ether oxygens (including phenoxy) is 2. The first-order valence-electron chi connectivity index (χ1n) is 6.73. The lowest BCUT2D eigenvalue weighted by Crippen LogP contribution is -2.10. The Morgan fingerprint density at radius 2 is 1.48 bits per heavy atom. The molecule has 4 nitrogen and oxygen atoms in total. The molecule has 0 bridgehead atoms. The van der Waals surface area contributed by atoms with Crippen molar-refractivity contribution < 1.29 is 14.3 Å². The van der Waals surface area contributed by atoms with Crippen LogP contribution in [0.25, 0.3) is 0 Å². The van der Waals surface area contributed by atoms with Crippen LogP contribution in [0.1, 0.15) is 21.5 Å². The van der Waals surface area contributed by atoms with Crippen molar-refractivity contribution in [2.24, 2.45) is 5.73 Å². The summed E-state index contributed by atoms with van der Waals surface area (Å²) in [6.45, 7) is 0. The topological polar surface area (TPSA) is 61.5 Å². The fourth-order valence-corrected chi connectivity index (χ4v) is 2.16. The van der Waals surface area contributed by atoms with Gasteiger partial charge in [0, 0.05) is 5.56 Å². The highest BCUT2D eigenvalue weighted by atomic mass is 16.5. The monoisotopic (exact) mass is 285 g/mol. The summed E-state index contributed by atoms with van der Waals surface area (Å²) in [7, 11) is 3.25. The van der Waals surface area contributed by atoms with Crippen LogP contribution in [0.5, 0.6) is 11.5 Å². The maximum atomic E-state index is 11.0. The number of nitrogens with two attached hydrogens (primary N) is 1. The molecule has 0 atom stereocenters. The molecule has 0 saturated carbocycles. The molecular formula is C17H19NO3. The quantitative estimate of drug-likeness (QED) is 0.887. The van der Waals surface area contributed by atoms with E-state index >= 15 is 0 Å². The first kappa shape index (κ1) is 14.9. The van der Waals surface area contributed by atoms with Crippen molar-refractivity contribution in [3.8, 4) is 11.5 Å². The highest BCUT2D eigenvalue weighted by Crippen LogP contribution is 2.28. The normalized spacial score (nSPS) is 10.2. The minimum atomic E-state index is -0.401. The molecule has 1 amide bonds. The predicted octanol–water partition coefficient (Wildman–Crippen LogP) is 2.59. The van der Waals surface area contributed by atoms with Crippen LogP contribution in [-0.2, 0) is 12.8 Å². The van der Waals surface area contributed by atoms with E-state index in [0.29, 0.717) is 5.56 Å². The molecular weight excluding hydrogens is 266 g/mol.